The highest BCUT2D eigenvalue weighted by molar-refractivity contribution is 5.49. The first kappa shape index (κ1) is 14.5. The summed E-state index contributed by atoms with van der Waals surface area (Å²) in [5, 5.41) is 0. The van der Waals surface area contributed by atoms with E-state index in [1.165, 1.54) is 12.1 Å². The molecule has 2 nitrogen and oxygen atoms in total. The van der Waals surface area contributed by atoms with Gasteiger partial charge in [0.05, 0.1) is 13.2 Å². The second-order valence-corrected chi connectivity index (χ2v) is 4.75. The van der Waals surface area contributed by atoms with Crippen molar-refractivity contribution in [2.45, 2.75) is 19.9 Å². The normalized spacial score (nSPS) is 12.3. The first-order valence-electron chi connectivity index (χ1n) is 6.31. The maximum atomic E-state index is 13.9. The van der Waals surface area contributed by atoms with E-state index in [2.05, 4.69) is 0 Å². The summed E-state index contributed by atoms with van der Waals surface area (Å²) in [6.07, 6.45) is 0. The molecule has 0 bridgehead atoms. The monoisotopic (exact) mass is 277 g/mol. The van der Waals surface area contributed by atoms with Gasteiger partial charge < -0.3 is 10.5 Å². The van der Waals surface area contributed by atoms with Gasteiger partial charge in [0.25, 0.3) is 0 Å². The van der Waals surface area contributed by atoms with E-state index in [-0.39, 0.29) is 5.56 Å². The van der Waals surface area contributed by atoms with Crippen LogP contribution in [0.4, 0.5) is 8.78 Å². The fourth-order valence-corrected chi connectivity index (χ4v) is 2.26. The predicted molar refractivity (Wildman–Crippen MR) is 74.9 cm³/mol. The molecule has 0 amide bonds. The molecule has 1 atom stereocenters. The summed E-state index contributed by atoms with van der Waals surface area (Å²) in [4.78, 5) is 0. The molecule has 0 aliphatic carbocycles. The molecule has 2 aromatic carbocycles. The van der Waals surface area contributed by atoms with Crippen LogP contribution in [0.2, 0.25) is 0 Å². The zero-order valence-electron chi connectivity index (χ0n) is 11.7. The number of nitrogens with two attached hydrogens (primary N) is 1. The smallest absolute Gasteiger partial charge is 0.163 e. The van der Waals surface area contributed by atoms with E-state index in [0.29, 0.717) is 11.3 Å². The van der Waals surface area contributed by atoms with E-state index in [0.717, 1.165) is 17.2 Å². The lowest BCUT2D eigenvalue weighted by Crippen LogP contribution is -2.16. The SMILES string of the molecule is COc1c(C(N)c2cccc(F)c2F)ccc(C)c1C. The summed E-state index contributed by atoms with van der Waals surface area (Å²) in [5.41, 5.74) is 8.85. The highest BCUT2D eigenvalue weighted by Gasteiger charge is 2.21. The third-order valence-corrected chi connectivity index (χ3v) is 3.56. The van der Waals surface area contributed by atoms with Crippen LogP contribution in [0.5, 0.6) is 5.75 Å². The van der Waals surface area contributed by atoms with E-state index >= 15 is 0 Å². The van der Waals surface area contributed by atoms with Gasteiger partial charge in [-0.3, -0.25) is 0 Å². The minimum Gasteiger partial charge on any atom is -0.496 e. The summed E-state index contributed by atoms with van der Waals surface area (Å²) >= 11 is 0. The second-order valence-electron chi connectivity index (χ2n) is 4.75. The minimum atomic E-state index is -0.916. The van der Waals surface area contributed by atoms with Gasteiger partial charge in [0.1, 0.15) is 5.75 Å². The third kappa shape index (κ3) is 2.39. The summed E-state index contributed by atoms with van der Waals surface area (Å²) < 4.78 is 32.6. The van der Waals surface area contributed by atoms with Crippen molar-refractivity contribution in [3.05, 3.63) is 64.2 Å². The van der Waals surface area contributed by atoms with Gasteiger partial charge in [-0.15, -0.1) is 0 Å². The van der Waals surface area contributed by atoms with Gasteiger partial charge in [-0.2, -0.15) is 0 Å². The molecule has 0 saturated heterocycles. The van der Waals surface area contributed by atoms with E-state index in [1.807, 2.05) is 19.9 Å². The molecule has 0 spiro atoms. The number of rotatable bonds is 3. The van der Waals surface area contributed by atoms with Crippen LogP contribution in [0.1, 0.15) is 28.3 Å². The molecule has 1 unspecified atom stereocenters. The van der Waals surface area contributed by atoms with Crippen LogP contribution in [0, 0.1) is 25.5 Å². The number of halogens is 2. The van der Waals surface area contributed by atoms with Crippen molar-refractivity contribution >= 4 is 0 Å². The zero-order valence-corrected chi connectivity index (χ0v) is 11.7. The van der Waals surface area contributed by atoms with Crippen LogP contribution >= 0.6 is 0 Å². The Balaban J connectivity index is 2.56. The van der Waals surface area contributed by atoms with E-state index in [9.17, 15) is 8.78 Å². The molecule has 0 saturated carbocycles. The lowest BCUT2D eigenvalue weighted by Gasteiger charge is -2.19. The molecule has 2 rings (SSSR count). The van der Waals surface area contributed by atoms with Crippen molar-refractivity contribution < 1.29 is 13.5 Å². The average Bonchev–Trinajstić information content (AvgIpc) is 2.44. The first-order valence-corrected chi connectivity index (χ1v) is 6.31. The number of hydrogen-bond acceptors (Lipinski definition) is 2. The standard InChI is InChI=1S/C16H17F2NO/c1-9-7-8-12(16(20-3)10(9)2)15(19)11-5-4-6-13(17)14(11)18/h4-8,15H,19H2,1-3H3. The van der Waals surface area contributed by atoms with Gasteiger partial charge >= 0.3 is 0 Å². The Bertz CT molecular complexity index is 641. The molecule has 0 radical (unpaired) electrons. The largest absolute Gasteiger partial charge is 0.496 e. The number of methoxy groups -OCH3 is 1. The van der Waals surface area contributed by atoms with Crippen LogP contribution < -0.4 is 10.5 Å². The predicted octanol–water partition coefficient (Wildman–Crippen LogP) is 3.64. The maximum absolute atomic E-state index is 13.9. The molecule has 0 aliphatic heterocycles. The molecular weight excluding hydrogens is 260 g/mol. The Hall–Kier alpha value is -1.94. The molecule has 4 heteroatoms. The molecule has 106 valence electrons. The van der Waals surface area contributed by atoms with Crippen molar-refractivity contribution in [3.63, 3.8) is 0 Å². The topological polar surface area (TPSA) is 35.2 Å². The van der Waals surface area contributed by atoms with E-state index in [1.54, 1.807) is 13.2 Å². The van der Waals surface area contributed by atoms with E-state index in [4.69, 9.17) is 10.5 Å². The summed E-state index contributed by atoms with van der Waals surface area (Å²) in [5.74, 6) is -1.21. The van der Waals surface area contributed by atoms with E-state index < -0.39 is 17.7 Å². The molecule has 0 heterocycles. The third-order valence-electron chi connectivity index (χ3n) is 3.56. The lowest BCUT2D eigenvalue weighted by molar-refractivity contribution is 0.403. The number of hydrogen-bond donors (Lipinski definition) is 1. The minimum absolute atomic E-state index is 0.117. The maximum Gasteiger partial charge on any atom is 0.163 e. The number of benzene rings is 2. The quantitative estimate of drug-likeness (QED) is 0.929. The average molecular weight is 277 g/mol. The summed E-state index contributed by atoms with van der Waals surface area (Å²) in [6.45, 7) is 3.86. The molecule has 0 aliphatic rings. The Morgan fingerprint density at radius 3 is 2.40 bits per heavy atom. The van der Waals surface area contributed by atoms with Gasteiger partial charge in [0, 0.05) is 11.1 Å². The van der Waals surface area contributed by atoms with Gasteiger partial charge in [-0.1, -0.05) is 24.3 Å². The van der Waals surface area contributed by atoms with Crippen molar-refractivity contribution in [1.29, 1.82) is 0 Å². The summed E-state index contributed by atoms with van der Waals surface area (Å²) in [7, 11) is 1.54. The van der Waals surface area contributed by atoms with Gasteiger partial charge in [-0.25, -0.2) is 8.78 Å². The Morgan fingerprint density at radius 2 is 1.75 bits per heavy atom. The van der Waals surface area contributed by atoms with Gasteiger partial charge in [0.2, 0.25) is 0 Å². The van der Waals surface area contributed by atoms with Crippen LogP contribution in [-0.4, -0.2) is 7.11 Å². The van der Waals surface area contributed by atoms with Gasteiger partial charge in [0.15, 0.2) is 11.6 Å². The molecule has 20 heavy (non-hydrogen) atoms. The van der Waals surface area contributed by atoms with Crippen LogP contribution in [-0.2, 0) is 0 Å². The van der Waals surface area contributed by atoms with Gasteiger partial charge in [-0.05, 0) is 31.0 Å². The highest BCUT2D eigenvalue weighted by Crippen LogP contribution is 2.33. The first-order chi connectivity index (χ1) is 9.47. The van der Waals surface area contributed by atoms with Crippen molar-refractivity contribution in [1.82, 2.24) is 0 Å². The number of ether oxygens (including phenoxy) is 1. The Morgan fingerprint density at radius 1 is 1.05 bits per heavy atom. The van der Waals surface area contributed by atoms with Crippen molar-refractivity contribution in [3.8, 4) is 5.75 Å². The van der Waals surface area contributed by atoms with Crippen LogP contribution in [0.25, 0.3) is 0 Å². The Labute approximate surface area is 117 Å². The molecule has 0 aromatic heterocycles. The lowest BCUT2D eigenvalue weighted by atomic mass is 9.94. The fraction of sp³-hybridized carbons (Fsp3) is 0.250. The summed E-state index contributed by atoms with van der Waals surface area (Å²) in [6, 6.07) is 6.91. The van der Waals surface area contributed by atoms with Crippen molar-refractivity contribution in [2.75, 3.05) is 7.11 Å². The molecular formula is C16H17F2NO. The fourth-order valence-electron chi connectivity index (χ4n) is 2.26. The Kier molecular flexibility index (Phi) is 4.04. The molecule has 2 aromatic rings. The highest BCUT2D eigenvalue weighted by atomic mass is 19.2. The van der Waals surface area contributed by atoms with Crippen LogP contribution in [0.3, 0.4) is 0 Å². The van der Waals surface area contributed by atoms with Crippen molar-refractivity contribution in [2.24, 2.45) is 5.73 Å². The second kappa shape index (κ2) is 5.59. The zero-order chi connectivity index (χ0) is 14.9. The number of aryl methyl sites for hydroxylation is 1. The molecule has 0 fully saturated rings. The molecule has 2 N–H and O–H groups in total. The van der Waals surface area contributed by atoms with Crippen LogP contribution in [0.15, 0.2) is 30.3 Å².